The molecule has 0 aliphatic carbocycles. The van der Waals surface area contributed by atoms with Gasteiger partial charge in [0.1, 0.15) is 17.9 Å². The molecular weight excluding hydrogens is 382 g/mol. The van der Waals surface area contributed by atoms with Gasteiger partial charge in [0.25, 0.3) is 0 Å². The van der Waals surface area contributed by atoms with Gasteiger partial charge in [0.2, 0.25) is 11.8 Å². The van der Waals surface area contributed by atoms with Crippen molar-refractivity contribution in [3.63, 3.8) is 0 Å². The topological polar surface area (TPSA) is 146 Å². The van der Waals surface area contributed by atoms with Crippen LogP contribution in [0.1, 0.15) is 25.0 Å². The van der Waals surface area contributed by atoms with E-state index in [0.717, 1.165) is 6.54 Å². The van der Waals surface area contributed by atoms with Crippen molar-refractivity contribution in [3.05, 3.63) is 29.8 Å². The minimum atomic E-state index is -1.58. The van der Waals surface area contributed by atoms with Crippen molar-refractivity contribution in [3.8, 4) is 5.75 Å². The van der Waals surface area contributed by atoms with Crippen LogP contribution in [0.5, 0.6) is 5.75 Å². The average Bonchev–Trinajstić information content (AvgIpc) is 2.71. The molecule has 4 atom stereocenters. The van der Waals surface area contributed by atoms with Crippen LogP contribution in [0.3, 0.4) is 0 Å². The number of carbonyl (C=O) groups excluding carboxylic acids is 2. The van der Waals surface area contributed by atoms with Crippen molar-refractivity contribution in [2.24, 2.45) is 0 Å². The van der Waals surface area contributed by atoms with E-state index in [4.69, 9.17) is 9.47 Å². The Labute approximate surface area is 168 Å². The fourth-order valence-electron chi connectivity index (χ4n) is 2.87. The summed E-state index contributed by atoms with van der Waals surface area (Å²) in [7, 11) is 1.48. The molecule has 5 N–H and O–H groups in total. The molecule has 1 aliphatic heterocycles. The molecule has 1 aromatic carbocycles. The quantitative estimate of drug-likeness (QED) is 0.356. The summed E-state index contributed by atoms with van der Waals surface area (Å²) < 4.78 is 10.5. The molecule has 0 spiro atoms. The minimum absolute atomic E-state index is 0.0848. The Balaban J connectivity index is 1.93. The molecule has 2 rings (SSSR count). The lowest BCUT2D eigenvalue weighted by Gasteiger charge is -2.25. The van der Waals surface area contributed by atoms with E-state index >= 15 is 0 Å². The number of aliphatic carboxylic acids is 1. The summed E-state index contributed by atoms with van der Waals surface area (Å²) in [6.45, 7) is 3.22. The van der Waals surface area contributed by atoms with E-state index in [1.165, 1.54) is 26.2 Å². The predicted octanol–water partition coefficient (Wildman–Crippen LogP) is -0.819. The van der Waals surface area contributed by atoms with Gasteiger partial charge in [-0.15, -0.1) is 0 Å². The Hall–Kier alpha value is -2.69. The maximum atomic E-state index is 12.4. The fourth-order valence-corrected chi connectivity index (χ4v) is 2.87. The molecule has 2 amide bonds. The normalized spacial score (nSPS) is 19.5. The molecule has 1 saturated heterocycles. The molecule has 1 unspecified atom stereocenters. The van der Waals surface area contributed by atoms with Crippen LogP contribution in [0.25, 0.3) is 0 Å². The van der Waals surface area contributed by atoms with Gasteiger partial charge >= 0.3 is 5.97 Å². The number of carbonyl (C=O) groups is 3. The molecule has 10 heteroatoms. The van der Waals surface area contributed by atoms with E-state index in [0.29, 0.717) is 24.5 Å². The zero-order chi connectivity index (χ0) is 21.4. The van der Waals surface area contributed by atoms with Gasteiger partial charge in [-0.1, -0.05) is 12.1 Å². The summed E-state index contributed by atoms with van der Waals surface area (Å²) >= 11 is 0. The highest BCUT2D eigenvalue weighted by Crippen LogP contribution is 2.20. The molecule has 10 nitrogen and oxygen atoms in total. The number of aliphatic hydroxyl groups excluding tert-OH is 1. The van der Waals surface area contributed by atoms with E-state index in [-0.39, 0.29) is 18.4 Å². The molecule has 0 aromatic heterocycles. The van der Waals surface area contributed by atoms with E-state index in [1.807, 2.05) is 0 Å². The number of aliphatic hydroxyl groups is 1. The number of hydrogen-bond donors (Lipinski definition) is 5. The molecule has 29 heavy (non-hydrogen) atoms. The van der Waals surface area contributed by atoms with Gasteiger partial charge in [0, 0.05) is 13.1 Å². The Morgan fingerprint density at radius 3 is 2.52 bits per heavy atom. The summed E-state index contributed by atoms with van der Waals surface area (Å²) in [4.78, 5) is 36.0. The van der Waals surface area contributed by atoms with Crippen molar-refractivity contribution in [2.45, 2.75) is 37.6 Å². The largest absolute Gasteiger partial charge is 0.497 e. The Bertz CT molecular complexity index is 704. The van der Waals surface area contributed by atoms with E-state index < -0.39 is 30.1 Å². The van der Waals surface area contributed by atoms with E-state index in [9.17, 15) is 24.6 Å². The Kier molecular flexibility index (Phi) is 8.37. The highest BCUT2D eigenvalue weighted by atomic mass is 16.5. The van der Waals surface area contributed by atoms with Gasteiger partial charge in [-0.25, -0.2) is 4.79 Å². The van der Waals surface area contributed by atoms with Gasteiger partial charge in [0.15, 0.2) is 6.04 Å². The zero-order valence-electron chi connectivity index (χ0n) is 16.4. The third kappa shape index (κ3) is 6.70. The molecule has 0 radical (unpaired) electrons. The molecule has 0 saturated carbocycles. The fraction of sp³-hybridized carbons (Fsp3) is 0.526. The second kappa shape index (κ2) is 10.7. The lowest BCUT2D eigenvalue weighted by atomic mass is 10.0. The van der Waals surface area contributed by atoms with Gasteiger partial charge in [-0.3, -0.25) is 9.59 Å². The van der Waals surface area contributed by atoms with Crippen LogP contribution in [0.2, 0.25) is 0 Å². The third-order valence-corrected chi connectivity index (χ3v) is 4.53. The number of benzene rings is 1. The van der Waals surface area contributed by atoms with E-state index in [1.54, 1.807) is 12.1 Å². The summed E-state index contributed by atoms with van der Waals surface area (Å²) in [6, 6.07) is 3.60. The van der Waals surface area contributed by atoms with Crippen molar-refractivity contribution < 1.29 is 34.1 Å². The van der Waals surface area contributed by atoms with Crippen LogP contribution in [-0.4, -0.2) is 73.0 Å². The Morgan fingerprint density at radius 2 is 1.97 bits per heavy atom. The first-order chi connectivity index (χ1) is 13.8. The number of ether oxygens (including phenoxy) is 2. The number of amides is 2. The predicted molar refractivity (Wildman–Crippen MR) is 102 cm³/mol. The first-order valence-electron chi connectivity index (χ1n) is 9.28. The van der Waals surface area contributed by atoms with Crippen LogP contribution in [0, 0.1) is 0 Å². The maximum Gasteiger partial charge on any atom is 0.329 e. The maximum absolute atomic E-state index is 12.4. The van der Waals surface area contributed by atoms with E-state index in [2.05, 4.69) is 16.0 Å². The molecule has 1 fully saturated rings. The SMILES string of the molecule is COc1ccc([C@@H](O)[C@H](NC(=O)[C@H](C)NC(=O)CC2CNCCO2)C(=O)O)cc1. The number of carboxylic acid groups (broad SMARTS) is 1. The molecular formula is C19H27N3O7. The number of nitrogens with one attached hydrogen (secondary N) is 3. The molecule has 1 heterocycles. The summed E-state index contributed by atoms with van der Waals surface area (Å²) in [6.07, 6.45) is -1.67. The first-order valence-corrected chi connectivity index (χ1v) is 9.28. The van der Waals surface area contributed by atoms with Gasteiger partial charge in [-0.2, -0.15) is 0 Å². The monoisotopic (exact) mass is 409 g/mol. The lowest BCUT2D eigenvalue weighted by Crippen LogP contribution is -2.52. The summed E-state index contributed by atoms with van der Waals surface area (Å²) in [5.74, 6) is -1.96. The Morgan fingerprint density at radius 1 is 1.28 bits per heavy atom. The number of carboxylic acids is 1. The van der Waals surface area contributed by atoms with Crippen LogP contribution in [0.15, 0.2) is 24.3 Å². The number of morpholine rings is 1. The third-order valence-electron chi connectivity index (χ3n) is 4.53. The van der Waals surface area contributed by atoms with Crippen molar-refractivity contribution >= 4 is 17.8 Å². The van der Waals surface area contributed by atoms with Crippen LogP contribution < -0.4 is 20.7 Å². The van der Waals surface area contributed by atoms with Crippen molar-refractivity contribution in [2.75, 3.05) is 26.8 Å². The molecule has 160 valence electrons. The smallest absolute Gasteiger partial charge is 0.329 e. The molecule has 1 aromatic rings. The average molecular weight is 409 g/mol. The highest BCUT2D eigenvalue weighted by molar-refractivity contribution is 5.90. The second-order valence-corrected chi connectivity index (χ2v) is 6.73. The van der Waals surface area contributed by atoms with Gasteiger partial charge in [-0.05, 0) is 24.6 Å². The number of rotatable bonds is 9. The van der Waals surface area contributed by atoms with Crippen LogP contribution >= 0.6 is 0 Å². The van der Waals surface area contributed by atoms with Crippen molar-refractivity contribution in [1.29, 1.82) is 0 Å². The summed E-state index contributed by atoms with van der Waals surface area (Å²) in [5, 5.41) is 27.7. The standard InChI is InChI=1S/C19H27N3O7/c1-11(21-15(23)9-14-10-20-7-8-29-14)18(25)22-16(19(26)27)17(24)12-3-5-13(28-2)6-4-12/h3-6,11,14,16-17,20,24H,7-10H2,1-2H3,(H,21,23)(H,22,25)(H,26,27)/t11-,14?,16-,17+/m0/s1. The molecule has 1 aliphatic rings. The van der Waals surface area contributed by atoms with Gasteiger partial charge < -0.3 is 35.6 Å². The number of methoxy groups -OCH3 is 1. The summed E-state index contributed by atoms with van der Waals surface area (Å²) in [5.41, 5.74) is 0.303. The first kappa shape index (κ1) is 22.6. The lowest BCUT2D eigenvalue weighted by molar-refractivity contribution is -0.145. The van der Waals surface area contributed by atoms with Crippen molar-refractivity contribution in [1.82, 2.24) is 16.0 Å². The minimum Gasteiger partial charge on any atom is -0.497 e. The second-order valence-electron chi connectivity index (χ2n) is 6.73. The zero-order valence-corrected chi connectivity index (χ0v) is 16.4. The number of hydrogen-bond acceptors (Lipinski definition) is 7. The van der Waals surface area contributed by atoms with Crippen LogP contribution in [-0.2, 0) is 19.1 Å². The van der Waals surface area contributed by atoms with Gasteiger partial charge in [0.05, 0.1) is 26.2 Å². The van der Waals surface area contributed by atoms with Crippen LogP contribution in [0.4, 0.5) is 0 Å². The molecule has 0 bridgehead atoms. The highest BCUT2D eigenvalue weighted by Gasteiger charge is 2.31.